The third-order valence-electron chi connectivity index (χ3n) is 3.84. The van der Waals surface area contributed by atoms with Gasteiger partial charge in [0.1, 0.15) is 0 Å². The Morgan fingerprint density at radius 1 is 1.18 bits per heavy atom. The number of aryl methyl sites for hydroxylation is 1. The van der Waals surface area contributed by atoms with Gasteiger partial charge in [-0.05, 0) is 50.4 Å². The van der Waals surface area contributed by atoms with Gasteiger partial charge in [0.25, 0.3) is 0 Å². The van der Waals surface area contributed by atoms with Gasteiger partial charge in [0.05, 0.1) is 0 Å². The van der Waals surface area contributed by atoms with E-state index < -0.39 is 0 Å². The number of hydrogen-bond acceptors (Lipinski definition) is 1. The van der Waals surface area contributed by atoms with E-state index in [0.717, 1.165) is 6.42 Å². The summed E-state index contributed by atoms with van der Waals surface area (Å²) in [5.41, 5.74) is 3.04. The van der Waals surface area contributed by atoms with E-state index in [1.165, 1.54) is 43.4 Å². The molecule has 0 bridgehead atoms. The zero-order chi connectivity index (χ0) is 12.1. The minimum Gasteiger partial charge on any atom is -0.300 e. The fraction of sp³-hybridized carbons (Fsp3) is 0.500. The first kappa shape index (κ1) is 12.4. The van der Waals surface area contributed by atoms with Gasteiger partial charge in [-0.3, -0.25) is 4.90 Å². The number of likely N-dealkylation sites (N-methyl/N-ethyl adjacent to an activating group) is 1. The molecule has 1 aliphatic rings. The summed E-state index contributed by atoms with van der Waals surface area (Å²) < 4.78 is 0. The summed E-state index contributed by atoms with van der Waals surface area (Å²) in [5, 5.41) is 0. The Morgan fingerprint density at radius 3 is 2.71 bits per heavy atom. The zero-order valence-electron chi connectivity index (χ0n) is 10.9. The van der Waals surface area contributed by atoms with Crippen LogP contribution in [-0.2, 0) is 12.8 Å². The Hall–Kier alpha value is -1.08. The molecule has 0 saturated carbocycles. The molecule has 0 aliphatic carbocycles. The molecule has 0 aromatic heterocycles. The number of benzene rings is 1. The predicted molar refractivity (Wildman–Crippen MR) is 74.3 cm³/mol. The van der Waals surface area contributed by atoms with E-state index in [4.69, 9.17) is 0 Å². The molecule has 1 aromatic rings. The summed E-state index contributed by atoms with van der Waals surface area (Å²) >= 11 is 0. The van der Waals surface area contributed by atoms with Crippen molar-refractivity contribution in [2.45, 2.75) is 38.1 Å². The van der Waals surface area contributed by atoms with Crippen LogP contribution in [0.4, 0.5) is 0 Å². The highest BCUT2D eigenvalue weighted by Crippen LogP contribution is 2.19. The quantitative estimate of drug-likeness (QED) is 0.667. The molecule has 1 heterocycles. The fourth-order valence-corrected chi connectivity index (χ4v) is 2.66. The van der Waals surface area contributed by atoms with Crippen LogP contribution in [0.3, 0.4) is 0 Å². The highest BCUT2D eigenvalue weighted by atomic mass is 15.1. The van der Waals surface area contributed by atoms with Crippen molar-refractivity contribution in [3.05, 3.63) is 48.0 Å². The Balaban J connectivity index is 2.23. The van der Waals surface area contributed by atoms with E-state index in [0.29, 0.717) is 6.04 Å². The lowest BCUT2D eigenvalue weighted by molar-refractivity contribution is 0.271. The van der Waals surface area contributed by atoms with E-state index in [1.807, 2.05) is 0 Å². The Bertz CT molecular complexity index is 370. The Labute approximate surface area is 105 Å². The molecule has 1 aromatic carbocycles. The first-order valence-electron chi connectivity index (χ1n) is 6.71. The summed E-state index contributed by atoms with van der Waals surface area (Å²) in [6.45, 7) is 5.19. The second-order valence-electron chi connectivity index (χ2n) is 5.07. The van der Waals surface area contributed by atoms with Crippen LogP contribution in [0, 0.1) is 0 Å². The van der Waals surface area contributed by atoms with Crippen LogP contribution in [-0.4, -0.2) is 24.5 Å². The minimum atomic E-state index is 0.481. The number of nitrogens with zero attached hydrogens (tertiary/aromatic N) is 1. The number of hydrogen-bond donors (Lipinski definition) is 0. The number of fused-ring (bicyclic) bond motifs is 1. The molecular weight excluding hydrogens is 206 g/mol. The molecule has 92 valence electrons. The van der Waals surface area contributed by atoms with Crippen LogP contribution in [0.25, 0.3) is 0 Å². The van der Waals surface area contributed by atoms with Gasteiger partial charge in [-0.2, -0.15) is 0 Å². The summed E-state index contributed by atoms with van der Waals surface area (Å²) in [6.07, 6.45) is 8.41. The largest absolute Gasteiger partial charge is 0.300 e. The summed E-state index contributed by atoms with van der Waals surface area (Å²) in [7, 11) is 2.22. The van der Waals surface area contributed by atoms with E-state index >= 15 is 0 Å². The monoisotopic (exact) mass is 229 g/mol. The molecule has 1 nitrogen and oxygen atoms in total. The second-order valence-corrected chi connectivity index (χ2v) is 5.07. The third kappa shape index (κ3) is 3.19. The van der Waals surface area contributed by atoms with Gasteiger partial charge in [0, 0.05) is 6.04 Å². The molecule has 17 heavy (non-hydrogen) atoms. The highest BCUT2D eigenvalue weighted by Gasteiger charge is 2.14. The van der Waals surface area contributed by atoms with Crippen LogP contribution >= 0.6 is 0 Å². The molecule has 0 saturated heterocycles. The molecule has 0 fully saturated rings. The standard InChI is InChI=1S/C16H23N/c1-3-16-13-15-11-7-6-10-14(15)9-5-4-8-12-17(16)2/h3,6-7,10-11,16H,1,4-5,8-9,12-13H2,2H3. The van der Waals surface area contributed by atoms with Crippen molar-refractivity contribution in [2.75, 3.05) is 13.6 Å². The van der Waals surface area contributed by atoms with Gasteiger partial charge in [-0.1, -0.05) is 36.8 Å². The molecule has 0 N–H and O–H groups in total. The lowest BCUT2D eigenvalue weighted by atomic mass is 9.94. The molecule has 1 heteroatoms. The summed E-state index contributed by atoms with van der Waals surface area (Å²) in [4.78, 5) is 2.44. The fourth-order valence-electron chi connectivity index (χ4n) is 2.66. The predicted octanol–water partition coefficient (Wildman–Crippen LogP) is 3.44. The average molecular weight is 229 g/mol. The molecular formula is C16H23N. The minimum absolute atomic E-state index is 0.481. The van der Waals surface area contributed by atoms with Crippen LogP contribution in [0.2, 0.25) is 0 Å². The maximum Gasteiger partial charge on any atom is 0.0313 e. The first-order valence-corrected chi connectivity index (χ1v) is 6.71. The smallest absolute Gasteiger partial charge is 0.0313 e. The average Bonchev–Trinajstić information content (AvgIpc) is 2.36. The maximum absolute atomic E-state index is 3.99. The SMILES string of the molecule is C=CC1Cc2ccccc2CCCCCN1C. The van der Waals surface area contributed by atoms with Gasteiger partial charge >= 0.3 is 0 Å². The van der Waals surface area contributed by atoms with Gasteiger partial charge < -0.3 is 0 Å². The molecule has 2 rings (SSSR count). The molecule has 1 atom stereocenters. The Kier molecular flexibility index (Phi) is 4.38. The van der Waals surface area contributed by atoms with Gasteiger partial charge in [0.2, 0.25) is 0 Å². The van der Waals surface area contributed by atoms with Crippen molar-refractivity contribution in [1.29, 1.82) is 0 Å². The molecule has 0 amide bonds. The lowest BCUT2D eigenvalue weighted by Gasteiger charge is -2.27. The maximum atomic E-state index is 3.99. The van der Waals surface area contributed by atoms with E-state index in [9.17, 15) is 0 Å². The normalized spacial score (nSPS) is 22.8. The van der Waals surface area contributed by atoms with E-state index in [1.54, 1.807) is 0 Å². The molecule has 0 spiro atoms. The van der Waals surface area contributed by atoms with Crippen molar-refractivity contribution in [2.24, 2.45) is 0 Å². The topological polar surface area (TPSA) is 3.24 Å². The zero-order valence-corrected chi connectivity index (χ0v) is 10.9. The van der Waals surface area contributed by atoms with Crippen LogP contribution in [0.15, 0.2) is 36.9 Å². The van der Waals surface area contributed by atoms with Gasteiger partial charge in [0.15, 0.2) is 0 Å². The third-order valence-corrected chi connectivity index (χ3v) is 3.84. The van der Waals surface area contributed by atoms with Crippen molar-refractivity contribution in [3.8, 4) is 0 Å². The van der Waals surface area contributed by atoms with Crippen molar-refractivity contribution in [3.63, 3.8) is 0 Å². The van der Waals surface area contributed by atoms with E-state index in [2.05, 4.69) is 48.9 Å². The highest BCUT2D eigenvalue weighted by molar-refractivity contribution is 5.28. The molecule has 1 aliphatic heterocycles. The first-order chi connectivity index (χ1) is 8.31. The second kappa shape index (κ2) is 6.02. The summed E-state index contributed by atoms with van der Waals surface area (Å²) in [6, 6.07) is 9.37. The summed E-state index contributed by atoms with van der Waals surface area (Å²) in [5.74, 6) is 0. The lowest BCUT2D eigenvalue weighted by Crippen LogP contribution is -2.33. The van der Waals surface area contributed by atoms with Crippen molar-refractivity contribution >= 4 is 0 Å². The molecule has 0 radical (unpaired) electrons. The van der Waals surface area contributed by atoms with Gasteiger partial charge in [-0.25, -0.2) is 0 Å². The van der Waals surface area contributed by atoms with E-state index in [-0.39, 0.29) is 0 Å². The van der Waals surface area contributed by atoms with Crippen LogP contribution in [0.5, 0.6) is 0 Å². The van der Waals surface area contributed by atoms with Crippen molar-refractivity contribution < 1.29 is 0 Å². The van der Waals surface area contributed by atoms with Gasteiger partial charge in [-0.15, -0.1) is 6.58 Å². The van der Waals surface area contributed by atoms with Crippen molar-refractivity contribution in [1.82, 2.24) is 4.90 Å². The van der Waals surface area contributed by atoms with Crippen LogP contribution in [0.1, 0.15) is 30.4 Å². The number of rotatable bonds is 1. The Morgan fingerprint density at radius 2 is 1.94 bits per heavy atom. The molecule has 1 unspecified atom stereocenters. The van der Waals surface area contributed by atoms with Crippen LogP contribution < -0.4 is 0 Å².